The van der Waals surface area contributed by atoms with Gasteiger partial charge in [0.15, 0.2) is 5.17 Å². The molecule has 1 aromatic heterocycles. The summed E-state index contributed by atoms with van der Waals surface area (Å²) in [6.07, 6.45) is 14.7. The van der Waals surface area contributed by atoms with E-state index in [0.717, 1.165) is 30.8 Å². The summed E-state index contributed by atoms with van der Waals surface area (Å²) >= 11 is 1.77. The molecule has 120 valence electrons. The molecule has 0 fully saturated rings. The number of thioether (sulfide) groups is 1. The van der Waals surface area contributed by atoms with Crippen LogP contribution in [-0.4, -0.2) is 34.1 Å². The maximum atomic E-state index is 4.63. The van der Waals surface area contributed by atoms with E-state index in [-0.39, 0.29) is 0 Å². The molecule has 0 radical (unpaired) electrons. The number of aromatic nitrogens is 1. The van der Waals surface area contributed by atoms with Crippen LogP contribution in [-0.2, 0) is 6.54 Å². The third-order valence-electron chi connectivity index (χ3n) is 3.71. The van der Waals surface area contributed by atoms with Crippen molar-refractivity contribution < 1.29 is 0 Å². The van der Waals surface area contributed by atoms with Crippen LogP contribution in [0.2, 0.25) is 0 Å². The third-order valence-corrected chi connectivity index (χ3v) is 4.74. The average Bonchev–Trinajstić information content (AvgIpc) is 2.80. The van der Waals surface area contributed by atoms with Gasteiger partial charge in [-0.2, -0.15) is 0 Å². The van der Waals surface area contributed by atoms with Crippen LogP contribution in [0.25, 0.3) is 0 Å². The van der Waals surface area contributed by atoms with Gasteiger partial charge in [0.05, 0.1) is 13.3 Å². The molecule has 1 atom stereocenters. The van der Waals surface area contributed by atoms with Crippen LogP contribution in [0.5, 0.6) is 0 Å². The van der Waals surface area contributed by atoms with E-state index in [9.17, 15) is 0 Å². The third kappa shape index (κ3) is 5.08. The van der Waals surface area contributed by atoms with E-state index >= 15 is 0 Å². The minimum absolute atomic E-state index is 0.514. The summed E-state index contributed by atoms with van der Waals surface area (Å²) in [5, 5.41) is 4.43. The molecule has 0 saturated carbocycles. The van der Waals surface area contributed by atoms with Crippen molar-refractivity contribution in [3.63, 3.8) is 0 Å². The van der Waals surface area contributed by atoms with Gasteiger partial charge >= 0.3 is 0 Å². The number of rotatable bonds is 4. The van der Waals surface area contributed by atoms with Crippen LogP contribution in [0, 0.1) is 5.92 Å². The Balaban J connectivity index is 1.47. The van der Waals surface area contributed by atoms with Crippen molar-refractivity contribution in [1.82, 2.24) is 15.2 Å². The summed E-state index contributed by atoms with van der Waals surface area (Å²) in [4.78, 5) is 11.0. The Morgan fingerprint density at radius 3 is 3.13 bits per heavy atom. The van der Waals surface area contributed by atoms with Crippen LogP contribution >= 0.6 is 11.8 Å². The Hall–Kier alpha value is -1.85. The number of nitrogens with zero attached hydrogens (tertiary/aromatic N) is 3. The average molecular weight is 326 g/mol. The number of hydrogen-bond acceptors (Lipinski definition) is 5. The van der Waals surface area contributed by atoms with E-state index in [4.69, 9.17) is 0 Å². The van der Waals surface area contributed by atoms with Crippen LogP contribution in [0.15, 0.2) is 65.5 Å². The number of allylic oxidation sites excluding steroid dienone is 5. The van der Waals surface area contributed by atoms with E-state index in [0.29, 0.717) is 5.92 Å². The molecule has 1 N–H and O–H groups in total. The lowest BCUT2D eigenvalue weighted by molar-refractivity contribution is 0.258. The zero-order valence-corrected chi connectivity index (χ0v) is 14.2. The van der Waals surface area contributed by atoms with Gasteiger partial charge in [-0.15, -0.1) is 0 Å². The minimum Gasteiger partial charge on any atom is -0.352 e. The lowest BCUT2D eigenvalue weighted by Crippen LogP contribution is -2.41. The van der Waals surface area contributed by atoms with E-state index < -0.39 is 0 Å². The summed E-state index contributed by atoms with van der Waals surface area (Å²) < 4.78 is 0. The van der Waals surface area contributed by atoms with Crippen molar-refractivity contribution in [2.75, 3.05) is 19.1 Å². The highest BCUT2D eigenvalue weighted by Gasteiger charge is 2.13. The molecular weight excluding hydrogens is 304 g/mol. The molecule has 2 heterocycles. The second kappa shape index (κ2) is 8.13. The number of pyridine rings is 1. The van der Waals surface area contributed by atoms with Gasteiger partial charge in [0.2, 0.25) is 0 Å². The van der Waals surface area contributed by atoms with Crippen LogP contribution in [0.4, 0.5) is 0 Å². The highest BCUT2D eigenvalue weighted by Crippen LogP contribution is 2.16. The summed E-state index contributed by atoms with van der Waals surface area (Å²) in [5.41, 5.74) is 2.55. The van der Waals surface area contributed by atoms with Crippen molar-refractivity contribution in [1.29, 1.82) is 0 Å². The Kier molecular flexibility index (Phi) is 5.66. The molecule has 0 amide bonds. The summed E-state index contributed by atoms with van der Waals surface area (Å²) in [6, 6.07) is 4.07. The molecular formula is C18H22N4S. The molecule has 3 rings (SSSR count). The van der Waals surface area contributed by atoms with Crippen LogP contribution < -0.4 is 5.32 Å². The molecule has 0 saturated heterocycles. The Morgan fingerprint density at radius 2 is 2.35 bits per heavy atom. The van der Waals surface area contributed by atoms with E-state index in [1.165, 1.54) is 11.1 Å². The fraction of sp³-hybridized carbons (Fsp3) is 0.333. The predicted octanol–water partition coefficient (Wildman–Crippen LogP) is 3.18. The Morgan fingerprint density at radius 1 is 1.39 bits per heavy atom. The van der Waals surface area contributed by atoms with Gasteiger partial charge in [-0.1, -0.05) is 55.1 Å². The van der Waals surface area contributed by atoms with Crippen molar-refractivity contribution in [2.45, 2.75) is 13.5 Å². The molecule has 1 unspecified atom stereocenters. The molecule has 2 aliphatic rings. The second-order valence-electron chi connectivity index (χ2n) is 5.76. The normalized spacial score (nSPS) is 21.3. The molecule has 0 spiro atoms. The minimum atomic E-state index is 0.514. The first-order chi connectivity index (χ1) is 11.3. The topological polar surface area (TPSA) is 40.5 Å². The zero-order valence-electron chi connectivity index (χ0n) is 13.4. The lowest BCUT2D eigenvalue weighted by atomic mass is 10.1. The van der Waals surface area contributed by atoms with Crippen molar-refractivity contribution in [3.8, 4) is 0 Å². The quantitative estimate of drug-likeness (QED) is 0.922. The smallest absolute Gasteiger partial charge is 0.159 e. The number of hydrogen-bond donors (Lipinski definition) is 1. The van der Waals surface area contributed by atoms with Crippen molar-refractivity contribution in [2.24, 2.45) is 10.9 Å². The van der Waals surface area contributed by atoms with Gasteiger partial charge in [-0.05, 0) is 23.1 Å². The Labute approximate surface area is 142 Å². The molecule has 5 heteroatoms. The standard InChI is InChI=1S/C18H22N4S/c1-15-4-2-5-16(8-7-15)12-23-18-20-13-22(14-21-18)11-17-6-3-9-19-10-17/h2-10,15H,11-14H2,1H3,(H,20,21). The highest BCUT2D eigenvalue weighted by molar-refractivity contribution is 8.14. The summed E-state index contributed by atoms with van der Waals surface area (Å²) in [7, 11) is 0. The second-order valence-corrected chi connectivity index (χ2v) is 6.73. The predicted molar refractivity (Wildman–Crippen MR) is 98.1 cm³/mol. The first-order valence-electron chi connectivity index (χ1n) is 7.87. The molecule has 4 nitrogen and oxygen atoms in total. The van der Waals surface area contributed by atoms with Crippen LogP contribution in [0.3, 0.4) is 0 Å². The molecule has 0 aromatic carbocycles. The first kappa shape index (κ1) is 16.0. The van der Waals surface area contributed by atoms with Crippen LogP contribution in [0.1, 0.15) is 12.5 Å². The maximum Gasteiger partial charge on any atom is 0.159 e. The molecule has 0 bridgehead atoms. The number of aliphatic imine (C=N–C) groups is 1. The van der Waals surface area contributed by atoms with Gasteiger partial charge in [0.1, 0.15) is 0 Å². The van der Waals surface area contributed by atoms with Gasteiger partial charge < -0.3 is 5.32 Å². The first-order valence-corrected chi connectivity index (χ1v) is 8.86. The lowest BCUT2D eigenvalue weighted by Gasteiger charge is -2.26. The summed E-state index contributed by atoms with van der Waals surface area (Å²) in [6.45, 7) is 4.63. The van der Waals surface area contributed by atoms with E-state index in [2.05, 4.69) is 63.6 Å². The molecule has 1 aliphatic heterocycles. The fourth-order valence-corrected chi connectivity index (χ4v) is 3.21. The summed E-state index contributed by atoms with van der Waals surface area (Å²) in [5.74, 6) is 1.46. The number of amidine groups is 1. The van der Waals surface area contributed by atoms with Gasteiger partial charge in [0, 0.05) is 24.7 Å². The molecule has 1 aromatic rings. The molecule has 1 aliphatic carbocycles. The highest BCUT2D eigenvalue weighted by atomic mass is 32.2. The van der Waals surface area contributed by atoms with Gasteiger partial charge in [-0.3, -0.25) is 9.88 Å². The van der Waals surface area contributed by atoms with Gasteiger partial charge in [-0.25, -0.2) is 4.99 Å². The SMILES string of the molecule is CC1C=CC=C(CSC2=NCN(Cc3cccnc3)CN2)C=C1. The fourth-order valence-electron chi connectivity index (χ4n) is 2.40. The Bertz CT molecular complexity index is 634. The molecule has 23 heavy (non-hydrogen) atoms. The maximum absolute atomic E-state index is 4.63. The van der Waals surface area contributed by atoms with E-state index in [1.54, 1.807) is 18.0 Å². The van der Waals surface area contributed by atoms with Gasteiger partial charge in [0.25, 0.3) is 0 Å². The zero-order chi connectivity index (χ0) is 15.9. The van der Waals surface area contributed by atoms with Crippen molar-refractivity contribution >= 4 is 16.9 Å². The van der Waals surface area contributed by atoms with E-state index in [1.807, 2.05) is 12.3 Å². The van der Waals surface area contributed by atoms with Crippen molar-refractivity contribution in [3.05, 3.63) is 66.0 Å². The monoisotopic (exact) mass is 326 g/mol. The largest absolute Gasteiger partial charge is 0.352 e. The number of nitrogens with one attached hydrogen (secondary N) is 1.